The van der Waals surface area contributed by atoms with E-state index in [4.69, 9.17) is 4.52 Å². The fraction of sp³-hybridized carbons (Fsp3) is 0.111. The topological polar surface area (TPSA) is 72.4 Å². The minimum atomic E-state index is -0.216. The van der Waals surface area contributed by atoms with Crippen molar-refractivity contribution in [2.45, 2.75) is 13.0 Å². The molecule has 3 heterocycles. The lowest BCUT2D eigenvalue weighted by Gasteiger charge is -2.18. The highest BCUT2D eigenvalue weighted by atomic mass is 32.1. The summed E-state index contributed by atoms with van der Waals surface area (Å²) in [6, 6.07) is 11.6. The highest BCUT2D eigenvalue weighted by molar-refractivity contribution is 7.10. The first-order chi connectivity index (χ1) is 11.7. The van der Waals surface area contributed by atoms with Crippen molar-refractivity contribution in [3.63, 3.8) is 0 Å². The van der Waals surface area contributed by atoms with Crippen molar-refractivity contribution in [1.29, 1.82) is 0 Å². The summed E-state index contributed by atoms with van der Waals surface area (Å²) in [6.45, 7) is 1.93. The van der Waals surface area contributed by atoms with Gasteiger partial charge in [0.1, 0.15) is 6.26 Å². The summed E-state index contributed by atoms with van der Waals surface area (Å²) in [7, 11) is 0. The van der Waals surface area contributed by atoms with Crippen LogP contribution >= 0.6 is 11.3 Å². The van der Waals surface area contributed by atoms with Gasteiger partial charge in [-0.15, -0.1) is 11.3 Å². The van der Waals surface area contributed by atoms with Crippen LogP contribution in [-0.2, 0) is 0 Å². The van der Waals surface area contributed by atoms with Gasteiger partial charge in [0.2, 0.25) is 0 Å². The van der Waals surface area contributed by atoms with Gasteiger partial charge >= 0.3 is 0 Å². The van der Waals surface area contributed by atoms with E-state index in [1.54, 1.807) is 23.8 Å². The summed E-state index contributed by atoms with van der Waals surface area (Å²) < 4.78 is 5.02. The molecule has 0 aliphatic rings. The molecule has 0 saturated carbocycles. The zero-order chi connectivity index (χ0) is 16.5. The number of H-pyrrole nitrogens is 1. The van der Waals surface area contributed by atoms with Crippen LogP contribution in [0.15, 0.2) is 58.8 Å². The van der Waals surface area contributed by atoms with Crippen molar-refractivity contribution >= 4 is 28.1 Å². The Morgan fingerprint density at radius 2 is 2.17 bits per heavy atom. The lowest BCUT2D eigenvalue weighted by molar-refractivity contribution is -0.345. The van der Waals surface area contributed by atoms with E-state index in [1.807, 2.05) is 48.7 Å². The fourth-order valence-electron chi connectivity index (χ4n) is 2.75. The van der Waals surface area contributed by atoms with Gasteiger partial charge in [-0.05, 0) is 30.5 Å². The Balaban J connectivity index is 1.85. The van der Waals surface area contributed by atoms with Gasteiger partial charge < -0.3 is 14.9 Å². The minimum Gasteiger partial charge on any atom is -0.502 e. The predicted molar refractivity (Wildman–Crippen MR) is 93.2 cm³/mol. The van der Waals surface area contributed by atoms with Crippen molar-refractivity contribution in [1.82, 2.24) is 5.16 Å². The van der Waals surface area contributed by atoms with E-state index in [1.165, 1.54) is 0 Å². The van der Waals surface area contributed by atoms with Gasteiger partial charge in [-0.2, -0.15) is 0 Å². The normalized spacial score (nSPS) is 12.4. The molecule has 0 saturated heterocycles. The molecule has 24 heavy (non-hydrogen) atoms. The second-order valence-electron chi connectivity index (χ2n) is 5.58. The number of thiophene rings is 1. The third kappa shape index (κ3) is 2.51. The van der Waals surface area contributed by atoms with E-state index < -0.39 is 0 Å². The molecule has 0 bridgehead atoms. The summed E-state index contributed by atoms with van der Waals surface area (Å²) in [4.78, 5) is 4.21. The number of benzene rings is 1. The van der Waals surface area contributed by atoms with E-state index in [0.717, 1.165) is 26.9 Å². The zero-order valence-electron chi connectivity index (χ0n) is 13.0. The number of fused-ring (bicyclic) bond motifs is 1. The molecular weight excluding hydrogens is 322 g/mol. The third-order valence-electron chi connectivity index (χ3n) is 4.01. The molecule has 1 aromatic carbocycles. The first-order valence-corrected chi connectivity index (χ1v) is 8.45. The number of aromatic hydroxyl groups is 1. The van der Waals surface area contributed by atoms with Crippen LogP contribution in [0.2, 0.25) is 0 Å². The summed E-state index contributed by atoms with van der Waals surface area (Å²) >= 11 is 1.63. The van der Waals surface area contributed by atoms with E-state index in [0.29, 0.717) is 5.82 Å². The van der Waals surface area contributed by atoms with E-state index in [-0.39, 0.29) is 11.8 Å². The molecule has 0 radical (unpaired) electrons. The lowest BCUT2D eigenvalue weighted by Crippen LogP contribution is -2.13. The van der Waals surface area contributed by atoms with Gasteiger partial charge in [0.15, 0.2) is 17.8 Å². The number of aryl methyl sites for hydroxylation is 1. The number of phenols is 1. The largest absolute Gasteiger partial charge is 0.502 e. The van der Waals surface area contributed by atoms with E-state index in [2.05, 4.69) is 15.5 Å². The SMILES string of the molecule is Cc1conc1NC(c1cccs1)c1ccc2ccc[nH+]c2c1O. The van der Waals surface area contributed by atoms with Gasteiger partial charge in [-0.3, -0.25) is 0 Å². The van der Waals surface area contributed by atoms with Crippen molar-refractivity contribution in [3.8, 4) is 5.75 Å². The molecule has 0 aliphatic carbocycles. The molecule has 0 fully saturated rings. The van der Waals surface area contributed by atoms with E-state index >= 15 is 0 Å². The van der Waals surface area contributed by atoms with Crippen molar-refractivity contribution in [2.24, 2.45) is 0 Å². The molecule has 4 rings (SSSR count). The Kier molecular flexibility index (Phi) is 3.66. The molecule has 1 unspecified atom stereocenters. The van der Waals surface area contributed by atoms with Crippen LogP contribution in [0.5, 0.6) is 5.75 Å². The molecular formula is C18H16N3O2S+. The molecule has 1 atom stereocenters. The molecule has 120 valence electrons. The van der Waals surface area contributed by atoms with Crippen LogP contribution in [0.25, 0.3) is 10.9 Å². The molecule has 6 heteroatoms. The van der Waals surface area contributed by atoms with Crippen molar-refractivity contribution < 1.29 is 14.6 Å². The first-order valence-electron chi connectivity index (χ1n) is 7.57. The molecule has 5 nitrogen and oxygen atoms in total. The number of pyridine rings is 1. The molecule has 0 amide bonds. The molecule has 3 N–H and O–H groups in total. The van der Waals surface area contributed by atoms with Crippen molar-refractivity contribution in [3.05, 3.63) is 70.2 Å². The van der Waals surface area contributed by atoms with Gasteiger partial charge in [-0.1, -0.05) is 17.3 Å². The Morgan fingerprint density at radius 1 is 1.25 bits per heavy atom. The summed E-state index contributed by atoms with van der Waals surface area (Å²) in [6.07, 6.45) is 3.41. The third-order valence-corrected chi connectivity index (χ3v) is 4.94. The molecule has 3 aromatic heterocycles. The average molecular weight is 338 g/mol. The number of nitrogens with one attached hydrogen (secondary N) is 2. The zero-order valence-corrected chi connectivity index (χ0v) is 13.8. The fourth-order valence-corrected chi connectivity index (χ4v) is 3.54. The second-order valence-corrected chi connectivity index (χ2v) is 6.56. The van der Waals surface area contributed by atoms with Crippen LogP contribution < -0.4 is 10.3 Å². The lowest BCUT2D eigenvalue weighted by atomic mass is 10.0. The van der Waals surface area contributed by atoms with E-state index in [9.17, 15) is 5.11 Å². The van der Waals surface area contributed by atoms with Crippen LogP contribution in [0.3, 0.4) is 0 Å². The Bertz CT molecular complexity index is 979. The monoisotopic (exact) mass is 338 g/mol. The molecule has 0 aliphatic heterocycles. The Morgan fingerprint density at radius 3 is 2.92 bits per heavy atom. The maximum absolute atomic E-state index is 10.8. The van der Waals surface area contributed by atoms with Gasteiger partial charge in [0, 0.05) is 22.1 Å². The van der Waals surface area contributed by atoms with Crippen LogP contribution in [0.4, 0.5) is 5.82 Å². The average Bonchev–Trinajstić information content (AvgIpc) is 3.26. The van der Waals surface area contributed by atoms with Gasteiger partial charge in [0.25, 0.3) is 5.52 Å². The maximum atomic E-state index is 10.8. The van der Waals surface area contributed by atoms with Gasteiger partial charge in [0.05, 0.1) is 11.4 Å². The van der Waals surface area contributed by atoms with Crippen molar-refractivity contribution in [2.75, 3.05) is 5.32 Å². The van der Waals surface area contributed by atoms with Gasteiger partial charge in [-0.25, -0.2) is 4.98 Å². The number of phenolic OH excluding ortho intramolecular Hbond substituents is 1. The number of aromatic nitrogens is 2. The smallest absolute Gasteiger partial charge is 0.253 e. The number of aromatic amines is 1. The summed E-state index contributed by atoms with van der Waals surface area (Å²) in [5.41, 5.74) is 2.42. The quantitative estimate of drug-likeness (QED) is 0.591. The predicted octanol–water partition coefficient (Wildman–Crippen LogP) is 3.92. The van der Waals surface area contributed by atoms with Crippen LogP contribution in [0, 0.1) is 6.92 Å². The summed E-state index contributed by atoms with van der Waals surface area (Å²) in [5.74, 6) is 0.907. The second kappa shape index (κ2) is 5.98. The number of rotatable bonds is 4. The maximum Gasteiger partial charge on any atom is 0.253 e. The molecule has 4 aromatic rings. The number of anilines is 1. The Labute approximate surface area is 142 Å². The number of nitrogens with zero attached hydrogens (tertiary/aromatic N) is 1. The van der Waals surface area contributed by atoms with Crippen LogP contribution in [-0.4, -0.2) is 10.3 Å². The highest BCUT2D eigenvalue weighted by Crippen LogP contribution is 2.37. The highest BCUT2D eigenvalue weighted by Gasteiger charge is 2.23. The summed E-state index contributed by atoms with van der Waals surface area (Å²) in [5, 5.41) is 21.2. The van der Waals surface area contributed by atoms with Crippen LogP contribution in [0.1, 0.15) is 22.0 Å². The number of hydrogen-bond donors (Lipinski definition) is 2. The number of hydrogen-bond acceptors (Lipinski definition) is 5. The first kappa shape index (κ1) is 14.7. The minimum absolute atomic E-state index is 0.216. The standard InChI is InChI=1S/C18H15N3O2S/c1-11-10-23-21-18(11)20-16(14-5-3-9-24-14)13-7-6-12-4-2-8-19-15(12)17(13)22/h2-10,16,22H,1H3,(H,20,21)/p+1. The molecule has 0 spiro atoms. The Hall–Kier alpha value is -2.86.